The first-order valence-electron chi connectivity index (χ1n) is 10.5. The van der Waals surface area contributed by atoms with Crippen molar-refractivity contribution in [3.8, 4) is 0 Å². The summed E-state index contributed by atoms with van der Waals surface area (Å²) < 4.78 is 1.67. The summed E-state index contributed by atoms with van der Waals surface area (Å²) in [6, 6.07) is 14.2. The SMILES string of the molecule is O=c1c2c3c(sc2ncn1Cc1ccccn1)CC(NCCc1cccc(Cl)c1)CC3. The second-order valence-corrected chi connectivity index (χ2v) is 9.48. The highest BCUT2D eigenvalue weighted by molar-refractivity contribution is 7.18. The van der Waals surface area contributed by atoms with Crippen molar-refractivity contribution in [3.63, 3.8) is 0 Å². The standard InChI is InChI=1S/C24H23ClN4OS/c25-17-5-3-4-16(12-17)9-11-27-18-7-8-20-21(13-18)31-23-22(20)24(30)29(15-28-23)14-19-6-1-2-10-26-19/h1-6,10,12,15,18,27H,7-9,11,13-14H2. The predicted octanol–water partition coefficient (Wildman–Crippen LogP) is 4.24. The van der Waals surface area contributed by atoms with Crippen LogP contribution in [0.3, 0.4) is 0 Å². The molecule has 5 rings (SSSR count). The molecule has 3 heterocycles. The number of thiophene rings is 1. The Labute approximate surface area is 189 Å². The summed E-state index contributed by atoms with van der Waals surface area (Å²) in [5.74, 6) is 0. The highest BCUT2D eigenvalue weighted by atomic mass is 35.5. The molecule has 158 valence electrons. The highest BCUT2D eigenvalue weighted by Gasteiger charge is 2.25. The molecule has 31 heavy (non-hydrogen) atoms. The Kier molecular flexibility index (Phi) is 5.85. The summed E-state index contributed by atoms with van der Waals surface area (Å²) in [4.78, 5) is 24.3. The molecule has 7 heteroatoms. The Bertz CT molecular complexity index is 1270. The van der Waals surface area contributed by atoms with Gasteiger partial charge in [-0.25, -0.2) is 4.98 Å². The lowest BCUT2D eigenvalue weighted by molar-refractivity contribution is 0.466. The molecule has 1 aromatic carbocycles. The van der Waals surface area contributed by atoms with E-state index in [0.29, 0.717) is 12.6 Å². The van der Waals surface area contributed by atoms with E-state index in [1.54, 1.807) is 28.4 Å². The number of hydrogen-bond acceptors (Lipinski definition) is 5. The molecule has 1 aliphatic carbocycles. The van der Waals surface area contributed by atoms with Crippen molar-refractivity contribution in [2.45, 2.75) is 38.3 Å². The number of nitrogens with zero attached hydrogens (tertiary/aromatic N) is 3. The second kappa shape index (κ2) is 8.91. The Morgan fingerprint density at radius 2 is 2.13 bits per heavy atom. The molecule has 0 bridgehead atoms. The normalized spacial score (nSPS) is 15.8. The predicted molar refractivity (Wildman–Crippen MR) is 126 cm³/mol. The monoisotopic (exact) mass is 450 g/mol. The molecule has 0 amide bonds. The van der Waals surface area contributed by atoms with Crippen LogP contribution < -0.4 is 10.9 Å². The number of aryl methyl sites for hydroxylation is 1. The Hall–Kier alpha value is -2.54. The number of hydrogen-bond donors (Lipinski definition) is 1. The zero-order valence-corrected chi connectivity index (χ0v) is 18.6. The number of aromatic nitrogens is 3. The van der Waals surface area contributed by atoms with Crippen LogP contribution in [0.5, 0.6) is 0 Å². The molecule has 0 radical (unpaired) electrons. The van der Waals surface area contributed by atoms with E-state index in [-0.39, 0.29) is 5.56 Å². The van der Waals surface area contributed by atoms with Crippen LogP contribution in [0.25, 0.3) is 10.2 Å². The van der Waals surface area contributed by atoms with E-state index in [4.69, 9.17) is 11.6 Å². The molecule has 1 atom stereocenters. The lowest BCUT2D eigenvalue weighted by atomic mass is 9.93. The molecule has 5 nitrogen and oxygen atoms in total. The van der Waals surface area contributed by atoms with E-state index in [2.05, 4.69) is 21.4 Å². The zero-order valence-electron chi connectivity index (χ0n) is 17.1. The van der Waals surface area contributed by atoms with Crippen molar-refractivity contribution >= 4 is 33.2 Å². The van der Waals surface area contributed by atoms with E-state index in [1.165, 1.54) is 16.0 Å². The maximum Gasteiger partial charge on any atom is 0.262 e. The fourth-order valence-corrected chi connectivity index (χ4v) is 5.74. The molecular formula is C24H23ClN4OS. The van der Waals surface area contributed by atoms with E-state index in [9.17, 15) is 4.79 Å². The highest BCUT2D eigenvalue weighted by Crippen LogP contribution is 2.33. The third kappa shape index (κ3) is 4.42. The van der Waals surface area contributed by atoms with Crippen molar-refractivity contribution < 1.29 is 0 Å². The molecular weight excluding hydrogens is 428 g/mol. The Morgan fingerprint density at radius 1 is 1.19 bits per heavy atom. The Balaban J connectivity index is 1.30. The number of nitrogens with one attached hydrogen (secondary N) is 1. The van der Waals surface area contributed by atoms with Crippen LogP contribution in [0, 0.1) is 0 Å². The zero-order chi connectivity index (χ0) is 21.2. The fourth-order valence-electron chi connectivity index (χ4n) is 4.27. The van der Waals surface area contributed by atoms with Crippen LogP contribution in [0.2, 0.25) is 5.02 Å². The van der Waals surface area contributed by atoms with Crippen molar-refractivity contribution in [1.29, 1.82) is 0 Å². The molecule has 1 aliphatic rings. The molecule has 4 aromatic rings. The van der Waals surface area contributed by atoms with Gasteiger partial charge in [-0.3, -0.25) is 14.3 Å². The van der Waals surface area contributed by atoms with Crippen molar-refractivity contribution in [1.82, 2.24) is 19.9 Å². The van der Waals surface area contributed by atoms with Crippen LogP contribution in [-0.2, 0) is 25.8 Å². The fraction of sp³-hybridized carbons (Fsp3) is 0.292. The van der Waals surface area contributed by atoms with Gasteiger partial charge in [-0.1, -0.05) is 29.8 Å². The van der Waals surface area contributed by atoms with Gasteiger partial charge in [-0.05, 0) is 67.6 Å². The number of halogens is 1. The van der Waals surface area contributed by atoms with E-state index in [1.807, 2.05) is 36.4 Å². The largest absolute Gasteiger partial charge is 0.313 e. The van der Waals surface area contributed by atoms with Crippen LogP contribution >= 0.6 is 22.9 Å². The molecule has 0 spiro atoms. The molecule has 0 aliphatic heterocycles. The van der Waals surface area contributed by atoms with Gasteiger partial charge in [0.25, 0.3) is 5.56 Å². The van der Waals surface area contributed by atoms with Crippen LogP contribution in [0.4, 0.5) is 0 Å². The lowest BCUT2D eigenvalue weighted by Gasteiger charge is -2.23. The van der Waals surface area contributed by atoms with Gasteiger partial charge in [0.05, 0.1) is 24.0 Å². The Morgan fingerprint density at radius 3 is 2.97 bits per heavy atom. The third-order valence-electron chi connectivity index (χ3n) is 5.83. The smallest absolute Gasteiger partial charge is 0.262 e. The van der Waals surface area contributed by atoms with Gasteiger partial charge in [0, 0.05) is 22.1 Å². The third-order valence-corrected chi connectivity index (χ3v) is 7.23. The maximum absolute atomic E-state index is 13.2. The summed E-state index contributed by atoms with van der Waals surface area (Å²) in [5, 5.41) is 5.27. The van der Waals surface area contributed by atoms with Crippen molar-refractivity contribution in [2.75, 3.05) is 6.54 Å². The van der Waals surface area contributed by atoms with Gasteiger partial charge in [0.1, 0.15) is 4.83 Å². The van der Waals surface area contributed by atoms with Crippen LogP contribution in [0.1, 0.15) is 28.1 Å². The number of fused-ring (bicyclic) bond motifs is 3. The minimum Gasteiger partial charge on any atom is -0.313 e. The van der Waals surface area contributed by atoms with Crippen molar-refractivity contribution in [3.05, 3.63) is 92.1 Å². The second-order valence-electron chi connectivity index (χ2n) is 7.96. The average molecular weight is 451 g/mol. The first-order chi connectivity index (χ1) is 15.2. The molecule has 0 saturated carbocycles. The van der Waals surface area contributed by atoms with Crippen molar-refractivity contribution in [2.24, 2.45) is 0 Å². The summed E-state index contributed by atoms with van der Waals surface area (Å²) in [6.45, 7) is 1.36. The van der Waals surface area contributed by atoms with Gasteiger partial charge in [-0.2, -0.15) is 0 Å². The van der Waals surface area contributed by atoms with Gasteiger partial charge in [-0.15, -0.1) is 11.3 Å². The van der Waals surface area contributed by atoms with Crippen LogP contribution in [-0.4, -0.2) is 27.1 Å². The van der Waals surface area contributed by atoms with E-state index in [0.717, 1.165) is 53.2 Å². The summed E-state index contributed by atoms with van der Waals surface area (Å²) in [6.07, 6.45) is 7.25. The molecule has 1 unspecified atom stereocenters. The number of benzene rings is 1. The quantitative estimate of drug-likeness (QED) is 0.477. The number of pyridine rings is 1. The summed E-state index contributed by atoms with van der Waals surface area (Å²) in [7, 11) is 0. The number of rotatable bonds is 6. The maximum atomic E-state index is 13.2. The van der Waals surface area contributed by atoms with Gasteiger partial charge < -0.3 is 5.32 Å². The average Bonchev–Trinajstić information content (AvgIpc) is 3.15. The van der Waals surface area contributed by atoms with E-state index < -0.39 is 0 Å². The minimum atomic E-state index is 0.0421. The van der Waals surface area contributed by atoms with Gasteiger partial charge in [0.2, 0.25) is 0 Å². The van der Waals surface area contributed by atoms with Crippen LogP contribution in [0.15, 0.2) is 59.8 Å². The summed E-state index contributed by atoms with van der Waals surface area (Å²) >= 11 is 7.75. The minimum absolute atomic E-state index is 0.0421. The van der Waals surface area contributed by atoms with Gasteiger partial charge in [0.15, 0.2) is 0 Å². The first-order valence-corrected chi connectivity index (χ1v) is 11.7. The summed E-state index contributed by atoms with van der Waals surface area (Å²) in [5.41, 5.74) is 3.34. The van der Waals surface area contributed by atoms with Gasteiger partial charge >= 0.3 is 0 Å². The lowest BCUT2D eigenvalue weighted by Crippen LogP contribution is -2.35. The molecule has 0 fully saturated rings. The first kappa shape index (κ1) is 20.4. The molecule has 1 N–H and O–H groups in total. The molecule has 0 saturated heterocycles. The molecule has 3 aromatic heterocycles. The van der Waals surface area contributed by atoms with E-state index >= 15 is 0 Å². The topological polar surface area (TPSA) is 59.8 Å².